The van der Waals surface area contributed by atoms with E-state index in [-0.39, 0.29) is 0 Å². The molecule has 0 saturated heterocycles. The van der Waals surface area contributed by atoms with Crippen LogP contribution in [0.4, 0.5) is 0 Å². The van der Waals surface area contributed by atoms with Crippen LogP contribution >= 0.6 is 30.8 Å². The van der Waals surface area contributed by atoms with Crippen molar-refractivity contribution in [3.05, 3.63) is 103 Å². The number of rotatable bonds is 6. The summed E-state index contributed by atoms with van der Waals surface area (Å²) in [7, 11) is -2.56. The Kier molecular flexibility index (Phi) is 6.53. The number of hydrogen-bond donors (Lipinski definition) is 1. The van der Waals surface area contributed by atoms with Crippen LogP contribution in [0.15, 0.2) is 113 Å². The first-order chi connectivity index (χ1) is 14.7. The van der Waals surface area contributed by atoms with Gasteiger partial charge in [-0.3, -0.25) is 0 Å². The number of aromatic hydroxyl groups is 1. The number of phenols is 1. The quantitative estimate of drug-likeness (QED) is 0.324. The number of phenolic OH excluding ortho intramolecular Hbond substituents is 1. The Bertz CT molecular complexity index is 994. The predicted molar refractivity (Wildman–Crippen MR) is 138 cm³/mol. The average molecular weight is 449 g/mol. The van der Waals surface area contributed by atoms with Gasteiger partial charge in [0.1, 0.15) is 0 Å². The zero-order valence-electron chi connectivity index (χ0n) is 17.1. The van der Waals surface area contributed by atoms with Crippen LogP contribution < -0.4 is 21.2 Å². The van der Waals surface area contributed by atoms with Gasteiger partial charge in [0.05, 0.1) is 0 Å². The molecule has 0 radical (unpaired) electrons. The molecule has 0 unspecified atom stereocenters. The van der Waals surface area contributed by atoms with Gasteiger partial charge in [0, 0.05) is 0 Å². The summed E-state index contributed by atoms with van der Waals surface area (Å²) in [6, 6.07) is 37.0. The number of benzene rings is 4. The molecule has 0 spiro atoms. The van der Waals surface area contributed by atoms with E-state index in [4.69, 9.17) is 0 Å². The molecule has 0 fully saturated rings. The Morgan fingerprint density at radius 2 is 0.867 bits per heavy atom. The summed E-state index contributed by atoms with van der Waals surface area (Å²) in [6.45, 7) is 0. The van der Waals surface area contributed by atoms with Crippen LogP contribution in [-0.4, -0.2) is 17.6 Å². The third-order valence-electron chi connectivity index (χ3n) is 5.53. The summed E-state index contributed by atoms with van der Waals surface area (Å²) in [4.78, 5) is 1.85. The fraction of sp³-hybridized carbons (Fsp3) is 0.0769. The van der Waals surface area contributed by atoms with Crippen LogP contribution in [0, 0.1) is 0 Å². The van der Waals surface area contributed by atoms with Gasteiger partial charge in [0.25, 0.3) is 0 Å². The summed E-state index contributed by atoms with van der Waals surface area (Å²) in [6.07, 6.45) is 4.06. The molecule has 0 amide bonds. The molecule has 4 rings (SSSR count). The van der Waals surface area contributed by atoms with E-state index in [0.29, 0.717) is 5.75 Å². The number of hydrogen-bond acceptors (Lipinski definition) is 3. The van der Waals surface area contributed by atoms with E-state index in [9.17, 15) is 5.11 Å². The van der Waals surface area contributed by atoms with Crippen molar-refractivity contribution in [1.29, 1.82) is 0 Å². The van der Waals surface area contributed by atoms with E-state index in [1.165, 1.54) is 21.2 Å². The van der Waals surface area contributed by atoms with Crippen molar-refractivity contribution >= 4 is 52.0 Å². The molecule has 0 atom stereocenters. The van der Waals surface area contributed by atoms with E-state index in [2.05, 4.69) is 103 Å². The molecule has 152 valence electrons. The minimum atomic E-state index is -2.56. The van der Waals surface area contributed by atoms with Crippen molar-refractivity contribution in [3.8, 4) is 5.75 Å². The van der Waals surface area contributed by atoms with Gasteiger partial charge in [-0.2, -0.15) is 0 Å². The summed E-state index contributed by atoms with van der Waals surface area (Å²) < 4.78 is 0. The molecule has 0 aliphatic carbocycles. The molecular weight excluding hydrogens is 423 g/mol. The second-order valence-corrected chi connectivity index (χ2v) is 12.6. The zero-order chi connectivity index (χ0) is 21.0. The molecule has 0 aromatic heterocycles. The maximum atomic E-state index is 10.8. The van der Waals surface area contributed by atoms with Crippen LogP contribution in [0.25, 0.3) is 0 Å². The zero-order valence-corrected chi connectivity index (χ0v) is 19.7. The van der Waals surface area contributed by atoms with E-state index in [0.717, 1.165) is 9.79 Å². The molecule has 0 aliphatic heterocycles. The van der Waals surface area contributed by atoms with Gasteiger partial charge >= 0.3 is 188 Å². The monoisotopic (exact) mass is 448 g/mol. The Morgan fingerprint density at radius 1 is 0.533 bits per heavy atom. The third kappa shape index (κ3) is 3.67. The van der Waals surface area contributed by atoms with Crippen molar-refractivity contribution in [1.82, 2.24) is 0 Å². The second-order valence-electron chi connectivity index (χ2n) is 7.08. The summed E-state index contributed by atoms with van der Waals surface area (Å²) >= 11 is 3.20. The molecule has 30 heavy (non-hydrogen) atoms. The average Bonchev–Trinajstić information content (AvgIpc) is 2.82. The van der Waals surface area contributed by atoms with Crippen LogP contribution in [0.2, 0.25) is 0 Å². The molecule has 1 N–H and O–H groups in total. The van der Waals surface area contributed by atoms with Crippen molar-refractivity contribution < 1.29 is 5.11 Å². The molecule has 4 aromatic carbocycles. The van der Waals surface area contributed by atoms with Crippen molar-refractivity contribution in [2.75, 3.05) is 12.5 Å². The predicted octanol–water partition coefficient (Wildman–Crippen LogP) is 5.19. The topological polar surface area (TPSA) is 20.2 Å². The Labute approximate surface area is 187 Å². The van der Waals surface area contributed by atoms with Crippen LogP contribution in [0.5, 0.6) is 5.75 Å². The van der Waals surface area contributed by atoms with Gasteiger partial charge in [-0.15, -0.1) is 0 Å². The molecule has 0 saturated carbocycles. The third-order valence-corrected chi connectivity index (χ3v) is 11.8. The van der Waals surface area contributed by atoms with Crippen molar-refractivity contribution in [2.24, 2.45) is 0 Å². The fourth-order valence-corrected chi connectivity index (χ4v) is 10.3. The SMILES string of the molecule is CSc1cc([PH](c2ccccc2)(c2ccccc2)c2ccccc2)cc(SC)c1O. The van der Waals surface area contributed by atoms with Crippen LogP contribution in [0.3, 0.4) is 0 Å². The van der Waals surface area contributed by atoms with Gasteiger partial charge in [0.2, 0.25) is 0 Å². The van der Waals surface area contributed by atoms with E-state index in [1.54, 1.807) is 23.5 Å². The molecule has 0 bridgehead atoms. The normalized spacial score (nSPS) is 11.9. The number of thioether (sulfide) groups is 2. The Hall–Kier alpha value is -2.19. The van der Waals surface area contributed by atoms with Crippen molar-refractivity contribution in [2.45, 2.75) is 9.79 Å². The molecule has 4 heteroatoms. The van der Waals surface area contributed by atoms with E-state index >= 15 is 0 Å². The van der Waals surface area contributed by atoms with Gasteiger partial charge in [0.15, 0.2) is 0 Å². The molecule has 0 heterocycles. The maximum absolute atomic E-state index is 10.8. The fourth-order valence-electron chi connectivity index (χ4n) is 4.17. The first kappa shape index (κ1) is 21.1. The van der Waals surface area contributed by atoms with Crippen molar-refractivity contribution in [3.63, 3.8) is 0 Å². The van der Waals surface area contributed by atoms with Gasteiger partial charge in [-0.25, -0.2) is 0 Å². The van der Waals surface area contributed by atoms with Crippen LogP contribution in [0.1, 0.15) is 0 Å². The van der Waals surface area contributed by atoms with Gasteiger partial charge in [-0.1, -0.05) is 0 Å². The Morgan fingerprint density at radius 3 is 1.17 bits per heavy atom. The molecule has 1 nitrogen and oxygen atoms in total. The Balaban J connectivity index is 2.17. The second kappa shape index (κ2) is 9.31. The van der Waals surface area contributed by atoms with E-state index in [1.807, 2.05) is 12.5 Å². The summed E-state index contributed by atoms with van der Waals surface area (Å²) in [5.41, 5.74) is 0. The van der Waals surface area contributed by atoms with Gasteiger partial charge in [-0.05, 0) is 0 Å². The minimum absolute atomic E-state index is 0.385. The van der Waals surface area contributed by atoms with Gasteiger partial charge < -0.3 is 0 Å². The first-order valence-electron chi connectivity index (χ1n) is 9.84. The molecular formula is C26H25OPS2. The van der Waals surface area contributed by atoms with E-state index < -0.39 is 7.26 Å². The first-order valence-corrected chi connectivity index (χ1v) is 14.3. The molecule has 0 aliphatic rings. The summed E-state index contributed by atoms with van der Waals surface area (Å²) in [5.74, 6) is 0.385. The standard InChI is InChI=1S/C26H25OPS2/c1-29-24-18-23(19-25(30-2)26(24)27)28(20-12-6-3-7-13-20,21-14-8-4-9-15-21)22-16-10-5-11-17-22/h3-19,27-28H,1-2H3. The molecule has 4 aromatic rings. The van der Waals surface area contributed by atoms with Crippen LogP contribution in [-0.2, 0) is 0 Å². The summed E-state index contributed by atoms with van der Waals surface area (Å²) in [5, 5.41) is 16.1.